The highest BCUT2D eigenvalue weighted by Crippen LogP contribution is 2.24. The van der Waals surface area contributed by atoms with Gasteiger partial charge in [-0.3, -0.25) is 0 Å². The van der Waals surface area contributed by atoms with E-state index in [1.54, 1.807) is 17.7 Å². The van der Waals surface area contributed by atoms with Crippen LogP contribution in [-0.4, -0.2) is 21.3 Å². The Morgan fingerprint density at radius 3 is 3.00 bits per heavy atom. The number of aryl methyl sites for hydroxylation is 1. The van der Waals surface area contributed by atoms with E-state index in [1.807, 2.05) is 17.7 Å². The van der Waals surface area contributed by atoms with E-state index >= 15 is 0 Å². The molecular formula is C11H15ClN4S. The summed E-state index contributed by atoms with van der Waals surface area (Å²) in [6, 6.07) is 2.32. The molecule has 0 spiro atoms. The molecule has 4 nitrogen and oxygen atoms in total. The summed E-state index contributed by atoms with van der Waals surface area (Å²) < 4.78 is 2.77. The van der Waals surface area contributed by atoms with Crippen molar-refractivity contribution < 1.29 is 0 Å². The van der Waals surface area contributed by atoms with Crippen molar-refractivity contribution in [3.63, 3.8) is 0 Å². The van der Waals surface area contributed by atoms with Crippen LogP contribution in [0.1, 0.15) is 24.4 Å². The van der Waals surface area contributed by atoms with E-state index in [0.717, 1.165) is 23.1 Å². The molecule has 2 rings (SSSR count). The highest BCUT2D eigenvalue weighted by Gasteiger charge is 2.07. The molecule has 0 aliphatic carbocycles. The van der Waals surface area contributed by atoms with Gasteiger partial charge in [-0.05, 0) is 23.9 Å². The van der Waals surface area contributed by atoms with Gasteiger partial charge in [0, 0.05) is 26.1 Å². The molecule has 17 heavy (non-hydrogen) atoms. The highest BCUT2D eigenvalue weighted by molar-refractivity contribution is 7.14. The molecule has 1 atom stereocenters. The van der Waals surface area contributed by atoms with Gasteiger partial charge in [-0.2, -0.15) is 0 Å². The Bertz CT molecular complexity index is 479. The molecule has 2 aromatic heterocycles. The predicted octanol–water partition coefficient (Wildman–Crippen LogP) is 2.42. The summed E-state index contributed by atoms with van der Waals surface area (Å²) >= 11 is 7.48. The molecule has 0 radical (unpaired) electrons. The van der Waals surface area contributed by atoms with Crippen LogP contribution in [0.4, 0.5) is 0 Å². The van der Waals surface area contributed by atoms with Crippen molar-refractivity contribution in [1.82, 2.24) is 20.1 Å². The molecule has 0 bridgehead atoms. The summed E-state index contributed by atoms with van der Waals surface area (Å²) in [6.45, 7) is 3.01. The molecule has 92 valence electrons. The van der Waals surface area contributed by atoms with Crippen LogP contribution in [0, 0.1) is 0 Å². The van der Waals surface area contributed by atoms with E-state index in [-0.39, 0.29) is 0 Å². The Hall–Kier alpha value is -0.910. The summed E-state index contributed by atoms with van der Waals surface area (Å²) in [5, 5.41) is 13.4. The van der Waals surface area contributed by atoms with Crippen LogP contribution in [0.5, 0.6) is 0 Å². The van der Waals surface area contributed by atoms with E-state index in [1.165, 1.54) is 5.56 Å². The van der Waals surface area contributed by atoms with Crippen LogP contribution < -0.4 is 5.32 Å². The first-order valence-electron chi connectivity index (χ1n) is 5.47. The first-order chi connectivity index (χ1) is 8.16. The number of rotatable bonds is 5. The van der Waals surface area contributed by atoms with Gasteiger partial charge in [-0.15, -0.1) is 21.5 Å². The van der Waals surface area contributed by atoms with Gasteiger partial charge >= 0.3 is 0 Å². The molecular weight excluding hydrogens is 256 g/mol. The molecule has 2 aromatic rings. The van der Waals surface area contributed by atoms with Gasteiger partial charge in [-0.1, -0.05) is 11.6 Å². The molecule has 1 N–H and O–H groups in total. The monoisotopic (exact) mass is 270 g/mol. The maximum Gasteiger partial charge on any atom is 0.133 e. The Morgan fingerprint density at radius 1 is 1.59 bits per heavy atom. The van der Waals surface area contributed by atoms with Gasteiger partial charge < -0.3 is 9.88 Å². The Morgan fingerprint density at radius 2 is 2.41 bits per heavy atom. The summed E-state index contributed by atoms with van der Waals surface area (Å²) in [5.74, 6) is 0.994. The lowest BCUT2D eigenvalue weighted by molar-refractivity contribution is 0.566. The van der Waals surface area contributed by atoms with Crippen LogP contribution in [0.25, 0.3) is 0 Å². The number of nitrogens with one attached hydrogen (secondary N) is 1. The highest BCUT2D eigenvalue weighted by atomic mass is 35.5. The summed E-state index contributed by atoms with van der Waals surface area (Å²) in [6.07, 6.45) is 2.59. The fourth-order valence-electron chi connectivity index (χ4n) is 1.60. The van der Waals surface area contributed by atoms with E-state index in [0.29, 0.717) is 6.04 Å². The summed E-state index contributed by atoms with van der Waals surface area (Å²) in [7, 11) is 1.96. The van der Waals surface area contributed by atoms with E-state index in [2.05, 4.69) is 27.8 Å². The minimum atomic E-state index is 0.312. The first kappa shape index (κ1) is 12.5. The molecule has 2 heterocycles. The fourth-order valence-corrected chi connectivity index (χ4v) is 2.59. The van der Waals surface area contributed by atoms with E-state index in [9.17, 15) is 0 Å². The maximum absolute atomic E-state index is 5.91. The van der Waals surface area contributed by atoms with E-state index in [4.69, 9.17) is 11.6 Å². The van der Waals surface area contributed by atoms with Gasteiger partial charge in [-0.25, -0.2) is 0 Å². The summed E-state index contributed by atoms with van der Waals surface area (Å²) in [5.41, 5.74) is 1.23. The lowest BCUT2D eigenvalue weighted by Crippen LogP contribution is -2.21. The second-order valence-corrected chi connectivity index (χ2v) is 5.51. The van der Waals surface area contributed by atoms with Crippen LogP contribution in [-0.2, 0) is 13.5 Å². The van der Waals surface area contributed by atoms with Crippen LogP contribution in [0.3, 0.4) is 0 Å². The minimum absolute atomic E-state index is 0.312. The van der Waals surface area contributed by atoms with Crippen molar-refractivity contribution in [1.29, 1.82) is 0 Å². The number of hydrogen-bond acceptors (Lipinski definition) is 4. The second-order valence-electron chi connectivity index (χ2n) is 3.97. The van der Waals surface area contributed by atoms with Crippen molar-refractivity contribution >= 4 is 22.9 Å². The third kappa shape index (κ3) is 3.28. The van der Waals surface area contributed by atoms with Gasteiger partial charge in [0.05, 0.1) is 4.34 Å². The van der Waals surface area contributed by atoms with Crippen LogP contribution >= 0.6 is 22.9 Å². The number of nitrogens with zero attached hydrogens (tertiary/aromatic N) is 3. The molecule has 6 heteroatoms. The Kier molecular flexibility index (Phi) is 4.15. The molecule has 0 aliphatic rings. The van der Waals surface area contributed by atoms with E-state index < -0.39 is 0 Å². The zero-order chi connectivity index (χ0) is 12.3. The molecule has 0 amide bonds. The standard InChI is InChI=1S/C11H15ClN4S/c1-8(9-5-10(12)17-6-9)13-4-3-11-15-14-7-16(11)2/h5-8,13H,3-4H2,1-2H3. The lowest BCUT2D eigenvalue weighted by Gasteiger charge is -2.11. The molecule has 1 unspecified atom stereocenters. The number of halogens is 1. The average molecular weight is 271 g/mol. The zero-order valence-electron chi connectivity index (χ0n) is 9.85. The van der Waals surface area contributed by atoms with Gasteiger partial charge in [0.25, 0.3) is 0 Å². The van der Waals surface area contributed by atoms with Crippen molar-refractivity contribution in [2.45, 2.75) is 19.4 Å². The normalized spacial score (nSPS) is 12.9. The number of thiophene rings is 1. The minimum Gasteiger partial charge on any atom is -0.321 e. The van der Waals surface area contributed by atoms with Crippen molar-refractivity contribution in [2.24, 2.45) is 7.05 Å². The quantitative estimate of drug-likeness (QED) is 0.907. The predicted molar refractivity (Wildman–Crippen MR) is 70.5 cm³/mol. The molecule has 0 aliphatic heterocycles. The van der Waals surface area contributed by atoms with Crippen molar-refractivity contribution in [3.8, 4) is 0 Å². The Labute approximate surface area is 110 Å². The number of hydrogen-bond donors (Lipinski definition) is 1. The van der Waals surface area contributed by atoms with Crippen molar-refractivity contribution in [3.05, 3.63) is 33.5 Å². The molecule has 0 saturated heterocycles. The summed E-state index contributed by atoms with van der Waals surface area (Å²) in [4.78, 5) is 0. The zero-order valence-corrected chi connectivity index (χ0v) is 11.4. The second kappa shape index (κ2) is 5.62. The third-order valence-electron chi connectivity index (χ3n) is 2.69. The lowest BCUT2D eigenvalue weighted by atomic mass is 10.2. The first-order valence-corrected chi connectivity index (χ1v) is 6.73. The smallest absolute Gasteiger partial charge is 0.133 e. The third-order valence-corrected chi connectivity index (χ3v) is 3.80. The van der Waals surface area contributed by atoms with Gasteiger partial charge in [0.15, 0.2) is 0 Å². The van der Waals surface area contributed by atoms with Gasteiger partial charge in [0.2, 0.25) is 0 Å². The van der Waals surface area contributed by atoms with Crippen LogP contribution in [0.15, 0.2) is 17.8 Å². The fraction of sp³-hybridized carbons (Fsp3) is 0.455. The topological polar surface area (TPSA) is 42.7 Å². The Balaban J connectivity index is 1.81. The maximum atomic E-state index is 5.91. The van der Waals surface area contributed by atoms with Gasteiger partial charge in [0.1, 0.15) is 12.2 Å². The number of aromatic nitrogens is 3. The van der Waals surface area contributed by atoms with Crippen LogP contribution in [0.2, 0.25) is 4.34 Å². The average Bonchev–Trinajstić information content (AvgIpc) is 2.88. The SMILES string of the molecule is CC(NCCc1nncn1C)c1csc(Cl)c1. The van der Waals surface area contributed by atoms with Crippen molar-refractivity contribution in [2.75, 3.05) is 6.54 Å². The molecule has 0 aromatic carbocycles. The molecule has 0 saturated carbocycles. The molecule has 0 fully saturated rings. The largest absolute Gasteiger partial charge is 0.321 e.